The second-order valence-corrected chi connectivity index (χ2v) is 19.5. The lowest BCUT2D eigenvalue weighted by Crippen LogP contribution is -2.30. The number of hydrogen-bond donors (Lipinski definition) is 0. The Bertz CT molecular complexity index is 1350. The van der Waals surface area contributed by atoms with E-state index in [0.717, 1.165) is 116 Å². The lowest BCUT2D eigenvalue weighted by Gasteiger charge is -2.18. The highest BCUT2D eigenvalue weighted by Crippen LogP contribution is 2.16. The standard InChI is InChI=1S/C64H110O6/c1-4-7-10-13-16-19-22-24-26-28-30-32-34-36-38-40-42-45-48-51-54-57-63(66)69-60-61(59-68-62(65)56-53-50-47-44-21-18-15-12-9-6-3)70-64(67)58-55-52-49-46-43-41-39-37-35-33-31-29-27-25-23-20-17-14-11-8-5-2/h7,10,12,15-16,19,24,26,30,32,36,38,42,45,61H,4-6,8-9,11,13-14,17-18,20-23,25,27-29,31,33-35,37,39-41,43-44,46-60H2,1-3H3/b10-7-,15-12-,19-16-,26-24-,32-30-,38-36-,45-42-. The topological polar surface area (TPSA) is 78.9 Å². The maximum atomic E-state index is 12.9. The molecule has 1 atom stereocenters. The van der Waals surface area contributed by atoms with Crippen LogP contribution in [0.3, 0.4) is 0 Å². The largest absolute Gasteiger partial charge is 0.462 e. The molecule has 0 fully saturated rings. The van der Waals surface area contributed by atoms with Gasteiger partial charge in [-0.25, -0.2) is 0 Å². The molecule has 0 aromatic carbocycles. The highest BCUT2D eigenvalue weighted by atomic mass is 16.6. The lowest BCUT2D eigenvalue weighted by molar-refractivity contribution is -0.167. The third kappa shape index (κ3) is 55.5. The van der Waals surface area contributed by atoms with Gasteiger partial charge in [-0.15, -0.1) is 0 Å². The summed E-state index contributed by atoms with van der Waals surface area (Å²) >= 11 is 0. The molecule has 6 heteroatoms. The van der Waals surface area contributed by atoms with Gasteiger partial charge in [-0.05, 0) is 89.9 Å². The van der Waals surface area contributed by atoms with Gasteiger partial charge in [-0.3, -0.25) is 14.4 Å². The SMILES string of the molecule is CC/C=C\C/C=C\C/C=C\C/C=C\C/C=C\C/C=C\CCCCC(=O)OCC(COC(=O)CCCCCCC/C=C\CCC)OC(=O)CCCCCCCCCCCCCCCCCCCCCCC. The molecule has 0 aromatic heterocycles. The van der Waals surface area contributed by atoms with Crippen LogP contribution < -0.4 is 0 Å². The summed E-state index contributed by atoms with van der Waals surface area (Å²) in [4.78, 5) is 38.1. The predicted molar refractivity (Wildman–Crippen MR) is 302 cm³/mol. The van der Waals surface area contributed by atoms with Crippen LogP contribution >= 0.6 is 0 Å². The van der Waals surface area contributed by atoms with Crippen LogP contribution in [-0.2, 0) is 28.6 Å². The zero-order valence-electron chi connectivity index (χ0n) is 46.0. The molecule has 0 saturated heterocycles. The second kappa shape index (κ2) is 58.2. The fourth-order valence-electron chi connectivity index (χ4n) is 8.21. The van der Waals surface area contributed by atoms with Gasteiger partial charge in [-0.2, -0.15) is 0 Å². The number of unbranched alkanes of at least 4 members (excludes halogenated alkanes) is 28. The van der Waals surface area contributed by atoms with Gasteiger partial charge in [0.15, 0.2) is 6.10 Å². The third-order valence-corrected chi connectivity index (χ3v) is 12.6. The first-order valence-electron chi connectivity index (χ1n) is 29.6. The Hall–Kier alpha value is -3.41. The summed E-state index contributed by atoms with van der Waals surface area (Å²) in [6, 6.07) is 0. The zero-order chi connectivity index (χ0) is 50.7. The molecule has 0 aliphatic carbocycles. The minimum Gasteiger partial charge on any atom is -0.462 e. The second-order valence-electron chi connectivity index (χ2n) is 19.5. The van der Waals surface area contributed by atoms with E-state index >= 15 is 0 Å². The van der Waals surface area contributed by atoms with Crippen molar-refractivity contribution in [2.24, 2.45) is 0 Å². The van der Waals surface area contributed by atoms with Crippen molar-refractivity contribution in [3.8, 4) is 0 Å². The molecule has 1 unspecified atom stereocenters. The molecule has 0 aromatic rings. The van der Waals surface area contributed by atoms with Crippen LogP contribution in [0.1, 0.15) is 284 Å². The van der Waals surface area contributed by atoms with E-state index in [4.69, 9.17) is 14.2 Å². The smallest absolute Gasteiger partial charge is 0.306 e. The van der Waals surface area contributed by atoms with Crippen molar-refractivity contribution in [3.05, 3.63) is 85.1 Å². The Kier molecular flexibility index (Phi) is 55.3. The molecule has 0 aliphatic heterocycles. The number of carbonyl (C=O) groups is 3. The lowest BCUT2D eigenvalue weighted by atomic mass is 10.0. The van der Waals surface area contributed by atoms with Crippen LogP contribution in [0.4, 0.5) is 0 Å². The molecule has 0 saturated carbocycles. The van der Waals surface area contributed by atoms with Crippen molar-refractivity contribution < 1.29 is 28.6 Å². The Morgan fingerprint density at radius 1 is 0.300 bits per heavy atom. The number of allylic oxidation sites excluding steroid dienone is 14. The quantitative estimate of drug-likeness (QED) is 0.0261. The van der Waals surface area contributed by atoms with Crippen LogP contribution in [-0.4, -0.2) is 37.2 Å². The van der Waals surface area contributed by atoms with Gasteiger partial charge >= 0.3 is 17.9 Å². The van der Waals surface area contributed by atoms with Crippen LogP contribution in [0.2, 0.25) is 0 Å². The van der Waals surface area contributed by atoms with E-state index in [9.17, 15) is 14.4 Å². The van der Waals surface area contributed by atoms with Gasteiger partial charge in [0, 0.05) is 19.3 Å². The van der Waals surface area contributed by atoms with Gasteiger partial charge in [0.2, 0.25) is 0 Å². The van der Waals surface area contributed by atoms with E-state index in [0.29, 0.717) is 19.3 Å². The number of esters is 3. The molecule has 70 heavy (non-hydrogen) atoms. The van der Waals surface area contributed by atoms with Crippen molar-refractivity contribution in [2.45, 2.75) is 290 Å². The molecule has 0 radical (unpaired) electrons. The average molecular weight is 976 g/mol. The first kappa shape index (κ1) is 66.6. The average Bonchev–Trinajstić information content (AvgIpc) is 3.36. The summed E-state index contributed by atoms with van der Waals surface area (Å²) in [6.07, 6.45) is 75.9. The highest BCUT2D eigenvalue weighted by molar-refractivity contribution is 5.71. The van der Waals surface area contributed by atoms with E-state index in [1.165, 1.54) is 128 Å². The molecule has 0 rings (SSSR count). The van der Waals surface area contributed by atoms with Gasteiger partial charge in [-0.1, -0.05) is 260 Å². The van der Waals surface area contributed by atoms with E-state index < -0.39 is 6.10 Å². The molecule has 0 N–H and O–H groups in total. The van der Waals surface area contributed by atoms with Crippen LogP contribution in [0.15, 0.2) is 85.1 Å². The maximum Gasteiger partial charge on any atom is 0.306 e. The van der Waals surface area contributed by atoms with Gasteiger partial charge in [0.1, 0.15) is 13.2 Å². The molecule has 6 nitrogen and oxygen atoms in total. The monoisotopic (exact) mass is 975 g/mol. The first-order valence-corrected chi connectivity index (χ1v) is 29.6. The van der Waals surface area contributed by atoms with Crippen molar-refractivity contribution in [2.75, 3.05) is 13.2 Å². The van der Waals surface area contributed by atoms with E-state index in [1.807, 2.05) is 0 Å². The van der Waals surface area contributed by atoms with Gasteiger partial charge in [0.05, 0.1) is 0 Å². The molecular formula is C64H110O6. The van der Waals surface area contributed by atoms with Crippen molar-refractivity contribution in [1.82, 2.24) is 0 Å². The minimum atomic E-state index is -0.796. The van der Waals surface area contributed by atoms with E-state index in [-0.39, 0.29) is 31.1 Å². The normalized spacial score (nSPS) is 12.7. The van der Waals surface area contributed by atoms with Crippen LogP contribution in [0, 0.1) is 0 Å². The molecule has 0 bridgehead atoms. The van der Waals surface area contributed by atoms with Gasteiger partial charge in [0.25, 0.3) is 0 Å². The summed E-state index contributed by atoms with van der Waals surface area (Å²) in [5.74, 6) is -0.940. The zero-order valence-corrected chi connectivity index (χ0v) is 46.0. The van der Waals surface area contributed by atoms with Crippen molar-refractivity contribution in [3.63, 3.8) is 0 Å². The number of ether oxygens (including phenoxy) is 3. The Morgan fingerprint density at radius 3 is 0.971 bits per heavy atom. The van der Waals surface area contributed by atoms with Crippen LogP contribution in [0.5, 0.6) is 0 Å². The molecular weight excluding hydrogens is 865 g/mol. The van der Waals surface area contributed by atoms with Crippen molar-refractivity contribution in [1.29, 1.82) is 0 Å². The molecule has 0 aliphatic rings. The van der Waals surface area contributed by atoms with Gasteiger partial charge < -0.3 is 14.2 Å². The summed E-state index contributed by atoms with van der Waals surface area (Å²) in [5, 5.41) is 0. The molecule has 0 amide bonds. The first-order chi connectivity index (χ1) is 34.5. The maximum absolute atomic E-state index is 12.9. The van der Waals surface area contributed by atoms with E-state index in [1.54, 1.807) is 0 Å². The summed E-state index contributed by atoms with van der Waals surface area (Å²) in [6.45, 7) is 6.44. The highest BCUT2D eigenvalue weighted by Gasteiger charge is 2.19. The van der Waals surface area contributed by atoms with Crippen molar-refractivity contribution >= 4 is 17.9 Å². The molecule has 402 valence electrons. The fraction of sp³-hybridized carbons (Fsp3) is 0.734. The summed E-state index contributed by atoms with van der Waals surface area (Å²) in [7, 11) is 0. The number of carbonyl (C=O) groups excluding carboxylic acids is 3. The number of rotatable bonds is 53. The summed E-state index contributed by atoms with van der Waals surface area (Å²) in [5.41, 5.74) is 0. The predicted octanol–water partition coefficient (Wildman–Crippen LogP) is 19.9. The number of hydrogen-bond acceptors (Lipinski definition) is 6. The fourth-order valence-corrected chi connectivity index (χ4v) is 8.21. The Morgan fingerprint density at radius 2 is 0.586 bits per heavy atom. The van der Waals surface area contributed by atoms with Crippen LogP contribution in [0.25, 0.3) is 0 Å². The summed E-state index contributed by atoms with van der Waals surface area (Å²) < 4.78 is 16.8. The molecule has 0 spiro atoms. The Balaban J connectivity index is 4.35. The third-order valence-electron chi connectivity index (χ3n) is 12.6. The molecule has 0 heterocycles. The minimum absolute atomic E-state index is 0.0933. The Labute approximate surface area is 433 Å². The van der Waals surface area contributed by atoms with E-state index in [2.05, 4.69) is 106 Å².